The lowest BCUT2D eigenvalue weighted by Crippen LogP contribution is -2.13. The molecule has 0 aromatic heterocycles. The first kappa shape index (κ1) is 13.9. The van der Waals surface area contributed by atoms with Crippen LogP contribution in [-0.4, -0.2) is 13.5 Å². The predicted molar refractivity (Wildman–Crippen MR) is 82.7 cm³/mol. The molecule has 0 unspecified atom stereocenters. The Morgan fingerprint density at radius 2 is 1.81 bits per heavy atom. The predicted octanol–water partition coefficient (Wildman–Crippen LogP) is 5.00. The first-order valence-electron chi connectivity index (χ1n) is 5.48. The molecule has 1 aromatic rings. The Morgan fingerprint density at radius 1 is 1.19 bits per heavy atom. The van der Waals surface area contributed by atoms with Crippen molar-refractivity contribution >= 4 is 30.2 Å². The second kappa shape index (κ2) is 6.57. The summed E-state index contributed by atoms with van der Waals surface area (Å²) in [4.78, 5) is 0. The number of allylic oxidation sites excluding steroid dienone is 1. The molecule has 0 bridgehead atoms. The molecule has 0 fully saturated rings. The van der Waals surface area contributed by atoms with Crippen LogP contribution in [0.2, 0.25) is 19.6 Å². The van der Waals surface area contributed by atoms with Gasteiger partial charge in [0.15, 0.2) is 0 Å². The van der Waals surface area contributed by atoms with E-state index in [2.05, 4.69) is 73.5 Å². The summed E-state index contributed by atoms with van der Waals surface area (Å²) < 4.78 is 1.48. The summed E-state index contributed by atoms with van der Waals surface area (Å²) in [6, 6.07) is 10.7. The van der Waals surface area contributed by atoms with Gasteiger partial charge in [0, 0.05) is 4.24 Å². The molecular formula is C13H20S2Si. The molecule has 0 amide bonds. The number of thioether (sulfide) groups is 1. The van der Waals surface area contributed by atoms with E-state index in [0.717, 1.165) is 6.42 Å². The van der Waals surface area contributed by atoms with Crippen LogP contribution in [0.5, 0.6) is 0 Å². The van der Waals surface area contributed by atoms with Crippen LogP contribution < -0.4 is 0 Å². The average Bonchev–Trinajstić information content (AvgIpc) is 2.24. The largest absolute Gasteiger partial charge is 0.146 e. The van der Waals surface area contributed by atoms with E-state index >= 15 is 0 Å². The van der Waals surface area contributed by atoms with Crippen molar-refractivity contribution in [2.45, 2.75) is 26.1 Å². The Labute approximate surface area is 109 Å². The zero-order valence-electron chi connectivity index (χ0n) is 10.5. The fourth-order valence-electron chi connectivity index (χ4n) is 1.28. The van der Waals surface area contributed by atoms with E-state index < -0.39 is 7.22 Å². The first-order chi connectivity index (χ1) is 7.51. The van der Waals surface area contributed by atoms with Crippen molar-refractivity contribution in [3.63, 3.8) is 0 Å². The second-order valence-electron chi connectivity index (χ2n) is 4.63. The quantitative estimate of drug-likeness (QED) is 0.689. The fourth-order valence-corrected chi connectivity index (χ4v) is 7.70. The Balaban J connectivity index is 2.60. The van der Waals surface area contributed by atoms with Crippen LogP contribution in [0.3, 0.4) is 0 Å². The molecule has 0 saturated heterocycles. The molecule has 0 atom stereocenters. The Morgan fingerprint density at radius 3 is 2.31 bits per heavy atom. The molecule has 0 radical (unpaired) electrons. The molecule has 0 nitrogen and oxygen atoms in total. The monoisotopic (exact) mass is 268 g/mol. The van der Waals surface area contributed by atoms with Gasteiger partial charge in [-0.05, 0) is 18.2 Å². The highest BCUT2D eigenvalue weighted by atomic mass is 32.4. The van der Waals surface area contributed by atoms with Crippen LogP contribution in [0.4, 0.5) is 0 Å². The number of hydrogen-bond donors (Lipinski definition) is 0. The summed E-state index contributed by atoms with van der Waals surface area (Å²) in [6.07, 6.45) is 5.58. The number of benzene rings is 1. The summed E-state index contributed by atoms with van der Waals surface area (Å²) >= 11 is 3.96. The molecule has 16 heavy (non-hydrogen) atoms. The van der Waals surface area contributed by atoms with Gasteiger partial charge in [0.1, 0.15) is 7.22 Å². The maximum atomic E-state index is 2.39. The molecular weight excluding hydrogens is 248 g/mol. The minimum atomic E-state index is -1.05. The van der Waals surface area contributed by atoms with E-state index in [1.807, 2.05) is 11.8 Å². The molecule has 0 saturated carbocycles. The molecule has 3 heteroatoms. The lowest BCUT2D eigenvalue weighted by atomic mass is 10.2. The highest BCUT2D eigenvalue weighted by Gasteiger charge is 2.15. The molecule has 0 N–H and O–H groups in total. The molecule has 0 heterocycles. The summed E-state index contributed by atoms with van der Waals surface area (Å²) in [5.74, 6) is 0. The summed E-state index contributed by atoms with van der Waals surface area (Å²) in [5, 5.41) is 0. The molecule has 1 aromatic carbocycles. The standard InChI is InChI=1S/C13H20S2Si/c1-14-13(15-16(2,3)4)11-10-12-8-6-5-7-9-12/h5-9,11H,10H2,1-4H3/b13-11-. The molecule has 0 aliphatic heterocycles. The van der Waals surface area contributed by atoms with Crippen molar-refractivity contribution in [2.24, 2.45) is 0 Å². The topological polar surface area (TPSA) is 0 Å². The summed E-state index contributed by atoms with van der Waals surface area (Å²) in [7, 11) is -1.05. The zero-order valence-corrected chi connectivity index (χ0v) is 13.1. The van der Waals surface area contributed by atoms with Crippen molar-refractivity contribution in [1.29, 1.82) is 0 Å². The van der Waals surface area contributed by atoms with Gasteiger partial charge in [-0.2, -0.15) is 0 Å². The normalized spacial score (nSPS) is 12.9. The molecule has 0 spiro atoms. The lowest BCUT2D eigenvalue weighted by molar-refractivity contribution is 1.27. The molecule has 0 aliphatic rings. The van der Waals surface area contributed by atoms with Gasteiger partial charge in [-0.1, -0.05) is 56.0 Å². The van der Waals surface area contributed by atoms with Gasteiger partial charge in [-0.15, -0.1) is 23.0 Å². The van der Waals surface area contributed by atoms with Gasteiger partial charge in [-0.3, -0.25) is 0 Å². The molecule has 1 rings (SSSR count). The number of hydrogen-bond acceptors (Lipinski definition) is 2. The van der Waals surface area contributed by atoms with E-state index in [9.17, 15) is 0 Å². The van der Waals surface area contributed by atoms with Crippen LogP contribution in [0.1, 0.15) is 5.56 Å². The van der Waals surface area contributed by atoms with Gasteiger partial charge >= 0.3 is 0 Å². The zero-order chi connectivity index (χ0) is 12.0. The third-order valence-electron chi connectivity index (χ3n) is 1.96. The Kier molecular flexibility index (Phi) is 5.73. The van der Waals surface area contributed by atoms with Crippen molar-refractivity contribution in [3.05, 3.63) is 46.2 Å². The average molecular weight is 269 g/mol. The minimum Gasteiger partial charge on any atom is -0.146 e. The van der Waals surface area contributed by atoms with Gasteiger partial charge in [0.25, 0.3) is 0 Å². The first-order valence-corrected chi connectivity index (χ1v) is 11.7. The summed E-state index contributed by atoms with van der Waals surface area (Å²) in [5.41, 5.74) is 1.39. The van der Waals surface area contributed by atoms with Gasteiger partial charge in [-0.25, -0.2) is 0 Å². The van der Waals surface area contributed by atoms with E-state index in [0.29, 0.717) is 0 Å². The van der Waals surface area contributed by atoms with Crippen molar-refractivity contribution in [3.8, 4) is 0 Å². The van der Waals surface area contributed by atoms with Gasteiger partial charge in [0.2, 0.25) is 0 Å². The Bertz CT molecular complexity index is 339. The minimum absolute atomic E-state index is 1.05. The lowest BCUT2D eigenvalue weighted by Gasteiger charge is -2.16. The molecule has 0 aliphatic carbocycles. The van der Waals surface area contributed by atoms with E-state index in [4.69, 9.17) is 0 Å². The van der Waals surface area contributed by atoms with Crippen LogP contribution >= 0.6 is 23.0 Å². The van der Waals surface area contributed by atoms with Gasteiger partial charge in [0.05, 0.1) is 0 Å². The van der Waals surface area contributed by atoms with Crippen LogP contribution in [0, 0.1) is 0 Å². The van der Waals surface area contributed by atoms with Crippen LogP contribution in [-0.2, 0) is 6.42 Å². The fraction of sp³-hybridized carbons (Fsp3) is 0.385. The van der Waals surface area contributed by atoms with Crippen molar-refractivity contribution in [2.75, 3.05) is 6.26 Å². The maximum absolute atomic E-state index is 2.39. The highest BCUT2D eigenvalue weighted by Crippen LogP contribution is 2.34. The highest BCUT2D eigenvalue weighted by molar-refractivity contribution is 8.39. The third kappa shape index (κ3) is 5.82. The summed E-state index contributed by atoms with van der Waals surface area (Å²) in [6.45, 7) is 7.18. The van der Waals surface area contributed by atoms with Crippen LogP contribution in [0.25, 0.3) is 0 Å². The Hall–Kier alpha value is -0.123. The van der Waals surface area contributed by atoms with Crippen LogP contribution in [0.15, 0.2) is 40.6 Å². The van der Waals surface area contributed by atoms with E-state index in [1.54, 1.807) is 0 Å². The molecule has 88 valence electrons. The third-order valence-corrected chi connectivity index (χ3v) is 7.20. The maximum Gasteiger partial charge on any atom is 0.115 e. The van der Waals surface area contributed by atoms with Crippen molar-refractivity contribution in [1.82, 2.24) is 0 Å². The van der Waals surface area contributed by atoms with Crippen molar-refractivity contribution < 1.29 is 0 Å². The number of rotatable bonds is 5. The van der Waals surface area contributed by atoms with E-state index in [-0.39, 0.29) is 0 Å². The second-order valence-corrected chi connectivity index (χ2v) is 14.9. The van der Waals surface area contributed by atoms with Gasteiger partial charge < -0.3 is 0 Å². The van der Waals surface area contributed by atoms with E-state index in [1.165, 1.54) is 9.80 Å². The SMILES string of the molecule is CS/C(=C/Cc1ccccc1)S[Si](C)(C)C. The smallest absolute Gasteiger partial charge is 0.115 e.